The van der Waals surface area contributed by atoms with Crippen LogP contribution in [0.3, 0.4) is 0 Å². The summed E-state index contributed by atoms with van der Waals surface area (Å²) in [6.45, 7) is 4.36. The number of nitrogens with zero attached hydrogens (tertiary/aromatic N) is 1. The fraction of sp³-hybridized carbons (Fsp3) is 0.643. The lowest BCUT2D eigenvalue weighted by atomic mass is 9.87. The molecule has 0 saturated carbocycles. The monoisotopic (exact) mass is 238 g/mol. The van der Waals surface area contributed by atoms with E-state index in [1.807, 2.05) is 7.05 Å². The summed E-state index contributed by atoms with van der Waals surface area (Å²) in [5.74, 6) is 0.277. The molecule has 1 rings (SSSR count). The molecule has 1 aromatic rings. The molecule has 0 aliphatic rings. The first kappa shape index (κ1) is 14.1. The van der Waals surface area contributed by atoms with Crippen molar-refractivity contribution in [2.24, 2.45) is 5.92 Å². The van der Waals surface area contributed by atoms with Crippen LogP contribution in [0.25, 0.3) is 0 Å². The highest BCUT2D eigenvalue weighted by Crippen LogP contribution is 2.29. The van der Waals surface area contributed by atoms with Gasteiger partial charge in [-0.2, -0.15) is 0 Å². The predicted octanol–water partition coefficient (Wildman–Crippen LogP) is 3.70. The highest BCUT2D eigenvalue weighted by molar-refractivity contribution is 5.18. The average Bonchev–Trinajstić information content (AvgIpc) is 2.36. The van der Waals surface area contributed by atoms with Gasteiger partial charge in [0.15, 0.2) is 0 Å². The van der Waals surface area contributed by atoms with Crippen LogP contribution in [0.15, 0.2) is 18.5 Å². The zero-order valence-corrected chi connectivity index (χ0v) is 11.0. The standard InChI is InChI=1S/C14H23FN2/c1-4-6-7-11(5-2)14(16-3)12-8-9-17-10-13(12)15/h8-11,14,16H,4-7H2,1-3H3. The van der Waals surface area contributed by atoms with Crippen molar-refractivity contribution in [1.82, 2.24) is 10.3 Å². The molecule has 1 aromatic heterocycles. The molecule has 17 heavy (non-hydrogen) atoms. The van der Waals surface area contributed by atoms with Gasteiger partial charge in [0.25, 0.3) is 0 Å². The Morgan fingerprint density at radius 1 is 1.41 bits per heavy atom. The highest BCUT2D eigenvalue weighted by Gasteiger charge is 2.22. The van der Waals surface area contributed by atoms with Gasteiger partial charge in [-0.15, -0.1) is 0 Å². The Morgan fingerprint density at radius 2 is 2.18 bits per heavy atom. The van der Waals surface area contributed by atoms with Crippen LogP contribution in [0, 0.1) is 11.7 Å². The van der Waals surface area contributed by atoms with Crippen molar-refractivity contribution in [3.8, 4) is 0 Å². The number of hydrogen-bond acceptors (Lipinski definition) is 2. The molecule has 0 radical (unpaired) electrons. The van der Waals surface area contributed by atoms with Gasteiger partial charge in [-0.3, -0.25) is 4.98 Å². The second kappa shape index (κ2) is 7.38. The van der Waals surface area contributed by atoms with Crippen LogP contribution >= 0.6 is 0 Å². The van der Waals surface area contributed by atoms with Crippen molar-refractivity contribution < 1.29 is 4.39 Å². The first-order valence-electron chi connectivity index (χ1n) is 6.51. The van der Waals surface area contributed by atoms with E-state index in [4.69, 9.17) is 0 Å². The van der Waals surface area contributed by atoms with E-state index in [0.29, 0.717) is 5.92 Å². The minimum atomic E-state index is -0.207. The van der Waals surface area contributed by atoms with Crippen molar-refractivity contribution in [3.05, 3.63) is 29.8 Å². The van der Waals surface area contributed by atoms with Crippen molar-refractivity contribution in [2.45, 2.75) is 45.6 Å². The molecule has 96 valence electrons. The summed E-state index contributed by atoms with van der Waals surface area (Å²) in [5, 5.41) is 3.25. The maximum absolute atomic E-state index is 13.7. The number of halogens is 1. The molecule has 1 heterocycles. The first-order valence-corrected chi connectivity index (χ1v) is 6.51. The molecule has 0 spiro atoms. The summed E-state index contributed by atoms with van der Waals surface area (Å²) in [6, 6.07) is 1.88. The lowest BCUT2D eigenvalue weighted by Crippen LogP contribution is -2.26. The fourth-order valence-corrected chi connectivity index (χ4v) is 2.36. The summed E-state index contributed by atoms with van der Waals surface area (Å²) in [6.07, 6.45) is 7.55. The number of aromatic nitrogens is 1. The van der Waals surface area contributed by atoms with Crippen LogP contribution in [-0.2, 0) is 0 Å². The maximum Gasteiger partial charge on any atom is 0.146 e. The van der Waals surface area contributed by atoms with Crippen molar-refractivity contribution in [1.29, 1.82) is 0 Å². The van der Waals surface area contributed by atoms with Crippen LogP contribution < -0.4 is 5.32 Å². The molecule has 0 fully saturated rings. The van der Waals surface area contributed by atoms with Gasteiger partial charge in [0.05, 0.1) is 6.20 Å². The first-order chi connectivity index (χ1) is 8.24. The lowest BCUT2D eigenvalue weighted by molar-refractivity contribution is 0.330. The normalized spacial score (nSPS) is 14.6. The number of nitrogens with one attached hydrogen (secondary N) is 1. The van der Waals surface area contributed by atoms with E-state index in [0.717, 1.165) is 18.4 Å². The molecule has 0 aliphatic carbocycles. The van der Waals surface area contributed by atoms with E-state index in [-0.39, 0.29) is 11.9 Å². The topological polar surface area (TPSA) is 24.9 Å². The van der Waals surface area contributed by atoms with Crippen molar-refractivity contribution in [2.75, 3.05) is 7.05 Å². The zero-order valence-electron chi connectivity index (χ0n) is 11.0. The minimum Gasteiger partial charge on any atom is -0.313 e. The van der Waals surface area contributed by atoms with Crippen molar-refractivity contribution in [3.63, 3.8) is 0 Å². The molecule has 1 N–H and O–H groups in total. The molecule has 0 aliphatic heterocycles. The zero-order chi connectivity index (χ0) is 12.7. The summed E-state index contributed by atoms with van der Waals surface area (Å²) >= 11 is 0. The Labute approximate surface area is 104 Å². The number of pyridine rings is 1. The highest BCUT2D eigenvalue weighted by atomic mass is 19.1. The number of unbranched alkanes of at least 4 members (excludes halogenated alkanes) is 1. The Balaban J connectivity index is 2.85. The summed E-state index contributed by atoms with van der Waals surface area (Å²) in [5.41, 5.74) is 0.741. The minimum absolute atomic E-state index is 0.0922. The molecule has 3 heteroatoms. The van der Waals surface area contributed by atoms with Gasteiger partial charge in [-0.1, -0.05) is 33.1 Å². The smallest absolute Gasteiger partial charge is 0.146 e. The van der Waals surface area contributed by atoms with Crippen LogP contribution in [-0.4, -0.2) is 12.0 Å². The molecule has 2 nitrogen and oxygen atoms in total. The largest absolute Gasteiger partial charge is 0.313 e. The van der Waals surface area contributed by atoms with E-state index >= 15 is 0 Å². The van der Waals surface area contributed by atoms with Gasteiger partial charge < -0.3 is 5.32 Å². The van der Waals surface area contributed by atoms with Crippen LogP contribution in [0.1, 0.15) is 51.1 Å². The molecular weight excluding hydrogens is 215 g/mol. The Morgan fingerprint density at radius 3 is 2.71 bits per heavy atom. The van der Waals surface area contributed by atoms with Gasteiger partial charge in [-0.05, 0) is 25.5 Å². The van der Waals surface area contributed by atoms with Crippen LogP contribution in [0.5, 0.6) is 0 Å². The second-order valence-electron chi connectivity index (χ2n) is 4.47. The lowest BCUT2D eigenvalue weighted by Gasteiger charge is -2.26. The van der Waals surface area contributed by atoms with E-state index in [2.05, 4.69) is 24.1 Å². The Hall–Kier alpha value is -0.960. The second-order valence-corrected chi connectivity index (χ2v) is 4.47. The summed E-state index contributed by atoms with van der Waals surface area (Å²) in [4.78, 5) is 3.81. The van der Waals surface area contributed by atoms with Gasteiger partial charge in [0.2, 0.25) is 0 Å². The number of hydrogen-bond donors (Lipinski definition) is 1. The fourth-order valence-electron chi connectivity index (χ4n) is 2.36. The molecule has 0 saturated heterocycles. The van der Waals surface area contributed by atoms with Crippen LogP contribution in [0.2, 0.25) is 0 Å². The van der Waals surface area contributed by atoms with Gasteiger partial charge in [0.1, 0.15) is 5.82 Å². The van der Waals surface area contributed by atoms with E-state index in [9.17, 15) is 4.39 Å². The molecule has 2 atom stereocenters. The molecule has 2 unspecified atom stereocenters. The predicted molar refractivity (Wildman–Crippen MR) is 69.3 cm³/mol. The van der Waals surface area contributed by atoms with E-state index < -0.39 is 0 Å². The quantitative estimate of drug-likeness (QED) is 0.783. The van der Waals surface area contributed by atoms with E-state index in [1.54, 1.807) is 12.3 Å². The summed E-state index contributed by atoms with van der Waals surface area (Å²) < 4.78 is 13.7. The molecule has 0 amide bonds. The average molecular weight is 238 g/mol. The van der Waals surface area contributed by atoms with Gasteiger partial charge in [-0.25, -0.2) is 4.39 Å². The van der Waals surface area contributed by atoms with Gasteiger partial charge in [0, 0.05) is 17.8 Å². The van der Waals surface area contributed by atoms with Crippen molar-refractivity contribution >= 4 is 0 Å². The third kappa shape index (κ3) is 3.77. The van der Waals surface area contributed by atoms with Gasteiger partial charge >= 0.3 is 0 Å². The summed E-state index contributed by atoms with van der Waals surface area (Å²) in [7, 11) is 1.90. The Bertz CT molecular complexity index is 328. The Kier molecular flexibility index (Phi) is 6.12. The van der Waals surface area contributed by atoms with E-state index in [1.165, 1.54) is 19.0 Å². The van der Waals surface area contributed by atoms with Crippen LogP contribution in [0.4, 0.5) is 4.39 Å². The molecular formula is C14H23FN2. The maximum atomic E-state index is 13.7. The SMILES string of the molecule is CCCCC(CC)C(NC)c1ccncc1F. The molecule has 0 aromatic carbocycles. The third-order valence-corrected chi connectivity index (χ3v) is 3.37. The number of rotatable bonds is 7. The third-order valence-electron chi connectivity index (χ3n) is 3.37. The molecule has 0 bridgehead atoms.